The topological polar surface area (TPSA) is 59.1 Å². The molecular weight excluding hydrogens is 300 g/mol. The molecule has 0 amide bonds. The van der Waals surface area contributed by atoms with Crippen molar-refractivity contribution in [3.8, 4) is 0 Å². The second-order valence-corrected chi connectivity index (χ2v) is 5.78. The van der Waals surface area contributed by atoms with E-state index in [-0.39, 0.29) is 0 Å². The Kier molecular flexibility index (Phi) is 4.91. The number of para-hydroxylation sites is 1. The molecule has 5 nitrogen and oxygen atoms in total. The molecule has 2 N–H and O–H groups in total. The first kappa shape index (κ1) is 16.2. The Morgan fingerprint density at radius 2 is 1.88 bits per heavy atom. The van der Waals surface area contributed by atoms with Crippen LogP contribution in [0.4, 0.5) is 17.5 Å². The molecule has 0 atom stereocenters. The standard InChI is InChI=1S/C19H22N4O/c1-13-8-9-16(14(2)12-13)21-19-22-17-7-5-4-6-15(17)18(23-19)20-10-11-24-3/h4-9,12H,10-11H2,1-3H3,(H2,20,21,22,23). The lowest BCUT2D eigenvalue weighted by Gasteiger charge is -2.13. The molecule has 0 saturated heterocycles. The summed E-state index contributed by atoms with van der Waals surface area (Å²) in [4.78, 5) is 9.27. The van der Waals surface area contributed by atoms with Crippen LogP contribution in [0, 0.1) is 13.8 Å². The van der Waals surface area contributed by atoms with Crippen molar-refractivity contribution in [3.63, 3.8) is 0 Å². The maximum Gasteiger partial charge on any atom is 0.229 e. The van der Waals surface area contributed by atoms with Crippen LogP contribution in [0.3, 0.4) is 0 Å². The Morgan fingerprint density at radius 1 is 1.04 bits per heavy atom. The van der Waals surface area contributed by atoms with E-state index in [1.165, 1.54) is 11.1 Å². The molecule has 0 aliphatic heterocycles. The Bertz CT molecular complexity index is 848. The highest BCUT2D eigenvalue weighted by Gasteiger charge is 2.08. The summed E-state index contributed by atoms with van der Waals surface area (Å²) < 4.78 is 5.11. The molecule has 3 rings (SSSR count). The third kappa shape index (κ3) is 3.63. The molecule has 0 radical (unpaired) electrons. The smallest absolute Gasteiger partial charge is 0.229 e. The van der Waals surface area contributed by atoms with Gasteiger partial charge < -0.3 is 15.4 Å². The van der Waals surface area contributed by atoms with E-state index >= 15 is 0 Å². The number of hydrogen-bond acceptors (Lipinski definition) is 5. The molecule has 0 aliphatic carbocycles. The van der Waals surface area contributed by atoms with Gasteiger partial charge in [-0.2, -0.15) is 4.98 Å². The summed E-state index contributed by atoms with van der Waals surface area (Å²) in [7, 11) is 1.69. The average Bonchev–Trinajstić information content (AvgIpc) is 2.57. The van der Waals surface area contributed by atoms with Crippen LogP contribution in [0.2, 0.25) is 0 Å². The van der Waals surface area contributed by atoms with Gasteiger partial charge in [-0.1, -0.05) is 29.8 Å². The highest BCUT2D eigenvalue weighted by atomic mass is 16.5. The van der Waals surface area contributed by atoms with Crippen LogP contribution in [-0.4, -0.2) is 30.2 Å². The largest absolute Gasteiger partial charge is 0.383 e. The Balaban J connectivity index is 1.95. The van der Waals surface area contributed by atoms with Crippen molar-refractivity contribution in [2.45, 2.75) is 13.8 Å². The number of aromatic nitrogens is 2. The summed E-state index contributed by atoms with van der Waals surface area (Å²) in [6, 6.07) is 14.3. The maximum absolute atomic E-state index is 5.11. The SMILES string of the molecule is COCCNc1nc(Nc2ccc(C)cc2C)nc2ccccc12. The monoisotopic (exact) mass is 322 g/mol. The second-order valence-electron chi connectivity index (χ2n) is 5.78. The minimum atomic E-state index is 0.584. The van der Waals surface area contributed by atoms with Gasteiger partial charge >= 0.3 is 0 Å². The van der Waals surface area contributed by atoms with E-state index in [2.05, 4.69) is 52.6 Å². The first-order chi connectivity index (χ1) is 11.7. The molecule has 0 saturated carbocycles. The molecule has 0 aliphatic rings. The molecule has 1 heterocycles. The third-order valence-electron chi connectivity index (χ3n) is 3.83. The van der Waals surface area contributed by atoms with Gasteiger partial charge in [0.05, 0.1) is 12.1 Å². The van der Waals surface area contributed by atoms with E-state index in [1.54, 1.807) is 7.11 Å². The van der Waals surface area contributed by atoms with Gasteiger partial charge in [0, 0.05) is 24.7 Å². The Labute approximate surface area is 142 Å². The summed E-state index contributed by atoms with van der Waals surface area (Å²) in [5.41, 5.74) is 4.32. The van der Waals surface area contributed by atoms with Gasteiger partial charge in [-0.3, -0.25) is 0 Å². The summed E-state index contributed by atoms with van der Waals surface area (Å²) in [5, 5.41) is 7.65. The van der Waals surface area contributed by atoms with E-state index < -0.39 is 0 Å². The lowest BCUT2D eigenvalue weighted by molar-refractivity contribution is 0.210. The van der Waals surface area contributed by atoms with Gasteiger partial charge in [-0.25, -0.2) is 4.98 Å². The number of nitrogens with one attached hydrogen (secondary N) is 2. The fraction of sp³-hybridized carbons (Fsp3) is 0.263. The van der Waals surface area contributed by atoms with Crippen molar-refractivity contribution in [1.82, 2.24) is 9.97 Å². The van der Waals surface area contributed by atoms with Crippen molar-refractivity contribution >= 4 is 28.4 Å². The zero-order valence-electron chi connectivity index (χ0n) is 14.3. The molecule has 0 unspecified atom stereocenters. The van der Waals surface area contributed by atoms with Gasteiger partial charge in [-0.05, 0) is 37.6 Å². The normalized spacial score (nSPS) is 10.8. The Hall–Kier alpha value is -2.66. The molecule has 0 bridgehead atoms. The van der Waals surface area contributed by atoms with Gasteiger partial charge in [-0.15, -0.1) is 0 Å². The van der Waals surface area contributed by atoms with Crippen molar-refractivity contribution in [2.24, 2.45) is 0 Å². The number of fused-ring (bicyclic) bond motifs is 1. The summed E-state index contributed by atoms with van der Waals surface area (Å²) >= 11 is 0. The fourth-order valence-electron chi connectivity index (χ4n) is 2.61. The second kappa shape index (κ2) is 7.27. The molecule has 2 aromatic carbocycles. The fourth-order valence-corrected chi connectivity index (χ4v) is 2.61. The molecule has 124 valence electrons. The average molecular weight is 322 g/mol. The molecule has 0 spiro atoms. The highest BCUT2D eigenvalue weighted by Crippen LogP contribution is 2.25. The van der Waals surface area contributed by atoms with Crippen LogP contribution in [0.1, 0.15) is 11.1 Å². The zero-order valence-corrected chi connectivity index (χ0v) is 14.3. The number of aryl methyl sites for hydroxylation is 2. The van der Waals surface area contributed by atoms with Crippen LogP contribution >= 0.6 is 0 Å². The molecule has 1 aromatic heterocycles. The van der Waals surface area contributed by atoms with Crippen LogP contribution in [-0.2, 0) is 4.74 Å². The van der Waals surface area contributed by atoms with E-state index in [9.17, 15) is 0 Å². The number of benzene rings is 2. The van der Waals surface area contributed by atoms with Crippen molar-refractivity contribution in [1.29, 1.82) is 0 Å². The molecule has 0 fully saturated rings. The van der Waals surface area contributed by atoms with E-state index in [0.717, 1.165) is 22.4 Å². The first-order valence-electron chi connectivity index (χ1n) is 8.01. The van der Waals surface area contributed by atoms with E-state index in [1.807, 2.05) is 24.3 Å². The van der Waals surface area contributed by atoms with Gasteiger partial charge in [0.15, 0.2) is 0 Å². The molecule has 5 heteroatoms. The number of ether oxygens (including phenoxy) is 1. The molecule has 24 heavy (non-hydrogen) atoms. The number of methoxy groups -OCH3 is 1. The van der Waals surface area contributed by atoms with Gasteiger partial charge in [0.25, 0.3) is 0 Å². The van der Waals surface area contributed by atoms with Gasteiger partial charge in [0.1, 0.15) is 5.82 Å². The number of hydrogen-bond donors (Lipinski definition) is 2. The summed E-state index contributed by atoms with van der Waals surface area (Å²) in [6.07, 6.45) is 0. The lowest BCUT2D eigenvalue weighted by Crippen LogP contribution is -2.10. The molecular formula is C19H22N4O. The minimum absolute atomic E-state index is 0.584. The van der Waals surface area contributed by atoms with Crippen molar-refractivity contribution in [2.75, 3.05) is 30.9 Å². The predicted molar refractivity (Wildman–Crippen MR) is 99.1 cm³/mol. The van der Waals surface area contributed by atoms with Crippen LogP contribution < -0.4 is 10.6 Å². The van der Waals surface area contributed by atoms with Crippen molar-refractivity contribution < 1.29 is 4.74 Å². The zero-order chi connectivity index (χ0) is 16.9. The third-order valence-corrected chi connectivity index (χ3v) is 3.83. The van der Waals surface area contributed by atoms with Crippen LogP contribution in [0.15, 0.2) is 42.5 Å². The number of rotatable bonds is 6. The van der Waals surface area contributed by atoms with E-state index in [0.29, 0.717) is 19.1 Å². The van der Waals surface area contributed by atoms with E-state index in [4.69, 9.17) is 4.74 Å². The van der Waals surface area contributed by atoms with Crippen molar-refractivity contribution in [3.05, 3.63) is 53.6 Å². The minimum Gasteiger partial charge on any atom is -0.383 e. The number of nitrogens with zero attached hydrogens (tertiary/aromatic N) is 2. The quantitative estimate of drug-likeness (QED) is 0.671. The Morgan fingerprint density at radius 3 is 2.67 bits per heavy atom. The predicted octanol–water partition coefficient (Wildman–Crippen LogP) is 4.05. The summed E-state index contributed by atoms with van der Waals surface area (Å²) in [6.45, 7) is 5.48. The maximum atomic E-state index is 5.11. The van der Waals surface area contributed by atoms with Gasteiger partial charge in [0.2, 0.25) is 5.95 Å². The van der Waals surface area contributed by atoms with Crippen LogP contribution in [0.25, 0.3) is 10.9 Å². The first-order valence-corrected chi connectivity index (χ1v) is 8.01. The lowest BCUT2D eigenvalue weighted by atomic mass is 10.1. The highest BCUT2D eigenvalue weighted by molar-refractivity contribution is 5.90. The molecule has 3 aromatic rings. The summed E-state index contributed by atoms with van der Waals surface area (Å²) in [5.74, 6) is 1.39. The van der Waals surface area contributed by atoms with Crippen LogP contribution in [0.5, 0.6) is 0 Å². The number of anilines is 3.